The third kappa shape index (κ3) is 4.41. The van der Waals surface area contributed by atoms with Crippen molar-refractivity contribution < 1.29 is 8.42 Å². The van der Waals surface area contributed by atoms with E-state index < -0.39 is 14.6 Å². The molecule has 0 unspecified atom stereocenters. The molecule has 2 aromatic rings. The number of aromatic nitrogens is 2. The van der Waals surface area contributed by atoms with Crippen molar-refractivity contribution in [1.82, 2.24) is 10.2 Å². The van der Waals surface area contributed by atoms with Crippen LogP contribution in [-0.2, 0) is 16.3 Å². The van der Waals surface area contributed by atoms with Crippen LogP contribution in [0.5, 0.6) is 0 Å². The summed E-state index contributed by atoms with van der Waals surface area (Å²) in [6.07, 6.45) is 1.91. The summed E-state index contributed by atoms with van der Waals surface area (Å²) in [6.45, 7) is 3.66. The molecule has 0 aliphatic heterocycles. The topological polar surface area (TPSA) is 72.0 Å². The van der Waals surface area contributed by atoms with Gasteiger partial charge in [0.25, 0.3) is 0 Å². The third-order valence-electron chi connectivity index (χ3n) is 3.40. The van der Waals surface area contributed by atoms with Crippen LogP contribution in [0.3, 0.4) is 0 Å². The Balaban J connectivity index is 1.99. The van der Waals surface area contributed by atoms with Crippen LogP contribution in [-0.4, -0.2) is 36.2 Å². The maximum absolute atomic E-state index is 11.7. The van der Waals surface area contributed by atoms with Gasteiger partial charge in [0, 0.05) is 24.2 Å². The third-order valence-corrected chi connectivity index (χ3v) is 6.69. The van der Waals surface area contributed by atoms with E-state index in [-0.39, 0.29) is 0 Å². The van der Waals surface area contributed by atoms with Crippen molar-refractivity contribution in [3.05, 3.63) is 39.9 Å². The van der Waals surface area contributed by atoms with Gasteiger partial charge < -0.3 is 5.32 Å². The maximum Gasteiger partial charge on any atom is 0.205 e. The van der Waals surface area contributed by atoms with E-state index in [1.54, 1.807) is 13.8 Å². The van der Waals surface area contributed by atoms with Crippen LogP contribution in [0, 0.1) is 0 Å². The number of sulfone groups is 1. The summed E-state index contributed by atoms with van der Waals surface area (Å²) in [5, 5.41) is 13.4. The number of hydrogen-bond donors (Lipinski definition) is 1. The van der Waals surface area contributed by atoms with E-state index in [4.69, 9.17) is 11.6 Å². The molecular weight excluding hydrogens is 342 g/mol. The van der Waals surface area contributed by atoms with Crippen LogP contribution in [0.4, 0.5) is 5.13 Å². The van der Waals surface area contributed by atoms with Gasteiger partial charge in [0.05, 0.1) is 4.75 Å². The van der Waals surface area contributed by atoms with Gasteiger partial charge in [-0.05, 0) is 31.5 Å². The van der Waals surface area contributed by atoms with E-state index in [1.807, 2.05) is 24.3 Å². The van der Waals surface area contributed by atoms with Gasteiger partial charge in [0.1, 0.15) is 5.01 Å². The van der Waals surface area contributed by atoms with Crippen molar-refractivity contribution in [2.75, 3.05) is 18.1 Å². The van der Waals surface area contributed by atoms with Gasteiger partial charge in [-0.1, -0.05) is 35.1 Å². The first kappa shape index (κ1) is 17.2. The zero-order chi connectivity index (χ0) is 16.4. The smallest absolute Gasteiger partial charge is 0.205 e. The van der Waals surface area contributed by atoms with E-state index in [9.17, 15) is 8.42 Å². The molecule has 0 amide bonds. The molecule has 0 saturated carbocycles. The quantitative estimate of drug-likeness (QED) is 0.858. The minimum atomic E-state index is -3.14. The Morgan fingerprint density at radius 3 is 2.45 bits per heavy atom. The van der Waals surface area contributed by atoms with Gasteiger partial charge >= 0.3 is 0 Å². The molecule has 120 valence electrons. The summed E-state index contributed by atoms with van der Waals surface area (Å²) in [7, 11) is -3.14. The lowest BCUT2D eigenvalue weighted by Crippen LogP contribution is -2.38. The van der Waals surface area contributed by atoms with Gasteiger partial charge in [-0.15, -0.1) is 10.2 Å². The van der Waals surface area contributed by atoms with Gasteiger partial charge in [0.15, 0.2) is 9.84 Å². The number of rotatable bonds is 6. The molecule has 8 heteroatoms. The lowest BCUT2D eigenvalue weighted by atomic mass is 10.2. The Hall–Kier alpha value is -1.18. The molecule has 0 bridgehead atoms. The predicted octanol–water partition coefficient (Wildman–Crippen LogP) is 3.02. The monoisotopic (exact) mass is 359 g/mol. The number of nitrogens with zero attached hydrogens (tertiary/aromatic N) is 2. The molecule has 0 saturated heterocycles. The Kier molecular flexibility index (Phi) is 5.09. The van der Waals surface area contributed by atoms with Gasteiger partial charge in [-0.2, -0.15) is 0 Å². The van der Waals surface area contributed by atoms with E-state index in [2.05, 4.69) is 15.5 Å². The summed E-state index contributed by atoms with van der Waals surface area (Å²) < 4.78 is 22.5. The molecule has 0 aliphatic carbocycles. The number of anilines is 1. The van der Waals surface area contributed by atoms with Gasteiger partial charge in [0.2, 0.25) is 5.13 Å². The summed E-state index contributed by atoms with van der Waals surface area (Å²) >= 11 is 7.28. The molecule has 5 nitrogen and oxygen atoms in total. The summed E-state index contributed by atoms with van der Waals surface area (Å²) in [5.41, 5.74) is 1.10. The lowest BCUT2D eigenvalue weighted by molar-refractivity contribution is 0.560. The standard InChI is InChI=1S/C14H18ClN3O2S2/c1-14(2,22(3,19)20)9-16-13-18-17-12(21-13)8-10-4-6-11(15)7-5-10/h4-7H,8-9H2,1-3H3,(H,16,18). The lowest BCUT2D eigenvalue weighted by Gasteiger charge is -2.22. The second kappa shape index (κ2) is 6.52. The summed E-state index contributed by atoms with van der Waals surface area (Å²) in [6, 6.07) is 7.57. The fourth-order valence-corrected chi connectivity index (χ4v) is 2.82. The fourth-order valence-electron chi connectivity index (χ4n) is 1.59. The van der Waals surface area contributed by atoms with Crippen LogP contribution in [0.2, 0.25) is 5.02 Å². The van der Waals surface area contributed by atoms with E-state index in [0.717, 1.165) is 10.6 Å². The van der Waals surface area contributed by atoms with E-state index in [1.165, 1.54) is 17.6 Å². The Morgan fingerprint density at radius 2 is 1.86 bits per heavy atom. The van der Waals surface area contributed by atoms with Gasteiger partial charge in [-0.25, -0.2) is 8.42 Å². The Morgan fingerprint density at radius 1 is 1.23 bits per heavy atom. The molecule has 0 radical (unpaired) electrons. The highest BCUT2D eigenvalue weighted by molar-refractivity contribution is 7.92. The zero-order valence-corrected chi connectivity index (χ0v) is 15.0. The van der Waals surface area contributed by atoms with Crippen molar-refractivity contribution in [3.8, 4) is 0 Å². The molecule has 1 N–H and O–H groups in total. The molecule has 2 rings (SSSR count). The van der Waals surface area contributed by atoms with Crippen molar-refractivity contribution in [3.63, 3.8) is 0 Å². The Labute approximate surface area is 139 Å². The normalized spacial score (nSPS) is 12.4. The first-order valence-electron chi connectivity index (χ1n) is 6.68. The number of nitrogens with one attached hydrogen (secondary N) is 1. The molecule has 0 fully saturated rings. The van der Waals surface area contributed by atoms with Gasteiger partial charge in [-0.3, -0.25) is 0 Å². The predicted molar refractivity (Wildman–Crippen MR) is 91.6 cm³/mol. The minimum absolute atomic E-state index is 0.293. The number of halogens is 1. The van der Waals surface area contributed by atoms with Crippen molar-refractivity contribution in [1.29, 1.82) is 0 Å². The highest BCUT2D eigenvalue weighted by Crippen LogP contribution is 2.22. The van der Waals surface area contributed by atoms with Crippen LogP contribution in [0.15, 0.2) is 24.3 Å². The average molecular weight is 360 g/mol. The van der Waals surface area contributed by atoms with Crippen molar-refractivity contribution in [2.24, 2.45) is 0 Å². The SMILES string of the molecule is CC(C)(CNc1nnc(Cc2ccc(Cl)cc2)s1)S(C)(=O)=O. The molecule has 1 aromatic heterocycles. The summed E-state index contributed by atoms with van der Waals surface area (Å²) in [5.74, 6) is 0. The van der Waals surface area contributed by atoms with E-state index in [0.29, 0.717) is 23.1 Å². The van der Waals surface area contributed by atoms with Crippen LogP contribution in [0.1, 0.15) is 24.4 Å². The second-order valence-corrected chi connectivity index (χ2v) is 9.84. The van der Waals surface area contributed by atoms with Crippen molar-refractivity contribution >= 4 is 37.9 Å². The molecular formula is C14H18ClN3O2S2. The van der Waals surface area contributed by atoms with Crippen LogP contribution < -0.4 is 5.32 Å². The Bertz CT molecular complexity index is 740. The second-order valence-electron chi connectivity index (χ2n) is 5.69. The molecule has 22 heavy (non-hydrogen) atoms. The minimum Gasteiger partial charge on any atom is -0.359 e. The fraction of sp³-hybridized carbons (Fsp3) is 0.429. The zero-order valence-electron chi connectivity index (χ0n) is 12.6. The molecule has 0 atom stereocenters. The van der Waals surface area contributed by atoms with Crippen molar-refractivity contribution in [2.45, 2.75) is 25.0 Å². The largest absolute Gasteiger partial charge is 0.359 e. The summed E-state index contributed by atoms with van der Waals surface area (Å²) in [4.78, 5) is 0. The first-order chi connectivity index (χ1) is 10.2. The van der Waals surface area contributed by atoms with E-state index >= 15 is 0 Å². The molecule has 0 spiro atoms. The van der Waals surface area contributed by atoms with Crippen LogP contribution in [0.25, 0.3) is 0 Å². The maximum atomic E-state index is 11.7. The number of benzene rings is 1. The highest BCUT2D eigenvalue weighted by atomic mass is 35.5. The first-order valence-corrected chi connectivity index (χ1v) is 9.76. The highest BCUT2D eigenvalue weighted by Gasteiger charge is 2.30. The number of hydrogen-bond acceptors (Lipinski definition) is 6. The molecule has 1 aromatic carbocycles. The molecule has 1 heterocycles. The van der Waals surface area contributed by atoms with Crippen LogP contribution >= 0.6 is 22.9 Å². The average Bonchev–Trinajstić information content (AvgIpc) is 2.86. The molecule has 0 aliphatic rings.